The first-order valence-corrected chi connectivity index (χ1v) is 9.19. The number of aliphatic imine (C=N–C) groups is 1. The van der Waals surface area contributed by atoms with E-state index in [1.807, 2.05) is 7.05 Å². The lowest BCUT2D eigenvalue weighted by Gasteiger charge is -2.19. The van der Waals surface area contributed by atoms with Gasteiger partial charge in [0.1, 0.15) is 0 Å². The van der Waals surface area contributed by atoms with Crippen molar-refractivity contribution in [1.29, 1.82) is 0 Å². The molecule has 0 aliphatic heterocycles. The molecule has 0 saturated heterocycles. The summed E-state index contributed by atoms with van der Waals surface area (Å²) >= 11 is 3.57. The van der Waals surface area contributed by atoms with E-state index in [0.717, 1.165) is 43.0 Å². The second-order valence-electron chi connectivity index (χ2n) is 6.20. The third kappa shape index (κ3) is 6.88. The van der Waals surface area contributed by atoms with E-state index in [2.05, 4.69) is 55.8 Å². The zero-order valence-corrected chi connectivity index (χ0v) is 18.5. The van der Waals surface area contributed by atoms with Crippen LogP contribution in [0, 0.1) is 0 Å². The maximum absolute atomic E-state index is 5.06. The first kappa shape index (κ1) is 21.7. The molecule has 0 bridgehead atoms. The number of hydrogen-bond acceptors (Lipinski definition) is 2. The van der Waals surface area contributed by atoms with Gasteiger partial charge in [-0.1, -0.05) is 28.1 Å². The zero-order chi connectivity index (χ0) is 16.5. The second-order valence-corrected chi connectivity index (χ2v) is 7.11. The first-order chi connectivity index (χ1) is 11.2. The Balaban J connectivity index is 0.00000288. The molecular weight excluding hydrogens is 481 g/mol. The van der Waals surface area contributed by atoms with Crippen molar-refractivity contribution in [3.8, 4) is 0 Å². The average molecular weight is 510 g/mol. The molecule has 136 valence electrons. The molecular formula is C18H29BrIN3O. The van der Waals surface area contributed by atoms with Gasteiger partial charge in [0.2, 0.25) is 0 Å². The SMILES string of the molecule is CN=C(NCCCCCOC)NCC1(c2cccc(Br)c2)CC1.I. The van der Waals surface area contributed by atoms with Gasteiger partial charge in [0.05, 0.1) is 0 Å². The van der Waals surface area contributed by atoms with Crippen LogP contribution in [-0.4, -0.2) is 39.8 Å². The molecule has 0 spiro atoms. The normalized spacial score (nSPS) is 15.5. The van der Waals surface area contributed by atoms with E-state index in [1.54, 1.807) is 7.11 Å². The number of nitrogens with zero attached hydrogens (tertiary/aromatic N) is 1. The summed E-state index contributed by atoms with van der Waals surface area (Å²) in [5, 5.41) is 6.89. The molecule has 0 heterocycles. The van der Waals surface area contributed by atoms with E-state index >= 15 is 0 Å². The Morgan fingerprint density at radius 3 is 2.67 bits per heavy atom. The zero-order valence-electron chi connectivity index (χ0n) is 14.6. The lowest BCUT2D eigenvalue weighted by atomic mass is 9.96. The predicted molar refractivity (Wildman–Crippen MR) is 116 cm³/mol. The maximum Gasteiger partial charge on any atom is 0.191 e. The first-order valence-electron chi connectivity index (χ1n) is 8.40. The van der Waals surface area contributed by atoms with Crippen LogP contribution in [0.4, 0.5) is 0 Å². The number of guanidine groups is 1. The second kappa shape index (κ2) is 11.3. The Kier molecular flexibility index (Phi) is 10.2. The molecule has 1 aromatic rings. The highest BCUT2D eigenvalue weighted by molar-refractivity contribution is 14.0. The van der Waals surface area contributed by atoms with Crippen molar-refractivity contribution in [3.05, 3.63) is 34.3 Å². The Hall–Kier alpha value is -0.340. The smallest absolute Gasteiger partial charge is 0.191 e. The Bertz CT molecular complexity index is 521. The van der Waals surface area contributed by atoms with Gasteiger partial charge < -0.3 is 15.4 Å². The summed E-state index contributed by atoms with van der Waals surface area (Å²) in [5.41, 5.74) is 1.69. The summed E-state index contributed by atoms with van der Waals surface area (Å²) in [6, 6.07) is 8.66. The van der Waals surface area contributed by atoms with Gasteiger partial charge in [-0.15, -0.1) is 24.0 Å². The van der Waals surface area contributed by atoms with Crippen molar-refractivity contribution in [2.45, 2.75) is 37.5 Å². The highest BCUT2D eigenvalue weighted by Gasteiger charge is 2.44. The molecule has 24 heavy (non-hydrogen) atoms. The highest BCUT2D eigenvalue weighted by atomic mass is 127. The number of halogens is 2. The Morgan fingerprint density at radius 1 is 1.25 bits per heavy atom. The van der Waals surface area contributed by atoms with Gasteiger partial charge in [0, 0.05) is 43.7 Å². The van der Waals surface area contributed by atoms with Gasteiger partial charge >= 0.3 is 0 Å². The summed E-state index contributed by atoms with van der Waals surface area (Å²) in [6.45, 7) is 2.74. The summed E-state index contributed by atoms with van der Waals surface area (Å²) in [4.78, 5) is 4.32. The molecule has 4 nitrogen and oxygen atoms in total. The van der Waals surface area contributed by atoms with Crippen molar-refractivity contribution in [2.24, 2.45) is 4.99 Å². The van der Waals surface area contributed by atoms with E-state index < -0.39 is 0 Å². The van der Waals surface area contributed by atoms with Crippen LogP contribution >= 0.6 is 39.9 Å². The molecule has 1 aliphatic carbocycles. The molecule has 0 amide bonds. The minimum Gasteiger partial charge on any atom is -0.385 e. The topological polar surface area (TPSA) is 45.7 Å². The van der Waals surface area contributed by atoms with Gasteiger partial charge in [-0.05, 0) is 49.8 Å². The van der Waals surface area contributed by atoms with E-state index in [9.17, 15) is 0 Å². The number of nitrogens with one attached hydrogen (secondary N) is 2. The fourth-order valence-electron chi connectivity index (χ4n) is 2.77. The van der Waals surface area contributed by atoms with Gasteiger partial charge in [-0.2, -0.15) is 0 Å². The van der Waals surface area contributed by atoms with Crippen LogP contribution in [0.15, 0.2) is 33.7 Å². The maximum atomic E-state index is 5.06. The minimum atomic E-state index is 0. The number of benzene rings is 1. The lowest BCUT2D eigenvalue weighted by Crippen LogP contribution is -2.41. The van der Waals surface area contributed by atoms with Crippen LogP contribution in [0.1, 0.15) is 37.7 Å². The standard InChI is InChI=1S/C18H28BrN3O.HI/c1-20-17(21-11-4-3-5-12-23-2)22-14-18(9-10-18)15-7-6-8-16(19)13-15;/h6-8,13H,3-5,9-12,14H2,1-2H3,(H2,20,21,22);1H. The summed E-state index contributed by atoms with van der Waals surface area (Å²) < 4.78 is 6.22. The Morgan fingerprint density at radius 2 is 2.04 bits per heavy atom. The quantitative estimate of drug-likeness (QED) is 0.228. The van der Waals surface area contributed by atoms with Gasteiger partial charge in [-0.3, -0.25) is 4.99 Å². The van der Waals surface area contributed by atoms with Crippen LogP contribution in [0.3, 0.4) is 0 Å². The fraction of sp³-hybridized carbons (Fsp3) is 0.611. The van der Waals surface area contributed by atoms with Crippen LogP contribution in [0.2, 0.25) is 0 Å². The van der Waals surface area contributed by atoms with Gasteiger partial charge in [-0.25, -0.2) is 0 Å². The van der Waals surface area contributed by atoms with Crippen molar-refractivity contribution in [2.75, 3.05) is 33.9 Å². The molecule has 0 radical (unpaired) electrons. The Labute approximate surface area is 171 Å². The summed E-state index contributed by atoms with van der Waals surface area (Å²) in [6.07, 6.45) is 5.92. The molecule has 0 atom stereocenters. The molecule has 1 fully saturated rings. The molecule has 6 heteroatoms. The van der Waals surface area contributed by atoms with Crippen molar-refractivity contribution < 1.29 is 4.74 Å². The van der Waals surface area contributed by atoms with Crippen molar-refractivity contribution in [3.63, 3.8) is 0 Å². The number of ether oxygens (including phenoxy) is 1. The summed E-state index contributed by atoms with van der Waals surface area (Å²) in [7, 11) is 3.59. The minimum absolute atomic E-state index is 0. The van der Waals surface area contributed by atoms with Crippen LogP contribution in [-0.2, 0) is 10.2 Å². The summed E-state index contributed by atoms with van der Waals surface area (Å²) in [5.74, 6) is 0.901. The number of hydrogen-bond donors (Lipinski definition) is 2. The monoisotopic (exact) mass is 509 g/mol. The molecule has 0 aromatic heterocycles. The number of methoxy groups -OCH3 is 1. The van der Waals surface area contributed by atoms with Crippen LogP contribution in [0.25, 0.3) is 0 Å². The molecule has 1 aliphatic rings. The van der Waals surface area contributed by atoms with Crippen molar-refractivity contribution >= 4 is 45.9 Å². The lowest BCUT2D eigenvalue weighted by molar-refractivity contribution is 0.192. The van der Waals surface area contributed by atoms with E-state index in [4.69, 9.17) is 4.74 Å². The average Bonchev–Trinajstić information content (AvgIpc) is 3.35. The van der Waals surface area contributed by atoms with Crippen LogP contribution in [0.5, 0.6) is 0 Å². The predicted octanol–water partition coefficient (Wildman–Crippen LogP) is 4.08. The molecule has 1 aromatic carbocycles. The highest BCUT2D eigenvalue weighted by Crippen LogP contribution is 2.48. The molecule has 2 N–H and O–H groups in total. The third-order valence-electron chi connectivity index (χ3n) is 4.43. The largest absolute Gasteiger partial charge is 0.385 e. The molecule has 1 saturated carbocycles. The molecule has 0 unspecified atom stereocenters. The van der Waals surface area contributed by atoms with E-state index in [-0.39, 0.29) is 29.4 Å². The van der Waals surface area contributed by atoms with Gasteiger partial charge in [0.15, 0.2) is 5.96 Å². The fourth-order valence-corrected chi connectivity index (χ4v) is 3.16. The van der Waals surface area contributed by atoms with E-state index in [0.29, 0.717) is 0 Å². The molecule has 2 rings (SSSR count). The van der Waals surface area contributed by atoms with Crippen molar-refractivity contribution in [1.82, 2.24) is 10.6 Å². The van der Waals surface area contributed by atoms with E-state index in [1.165, 1.54) is 24.8 Å². The number of unbranched alkanes of at least 4 members (excludes halogenated alkanes) is 2. The van der Waals surface area contributed by atoms with Gasteiger partial charge in [0.25, 0.3) is 0 Å². The third-order valence-corrected chi connectivity index (χ3v) is 4.92. The van der Waals surface area contributed by atoms with Crippen LogP contribution < -0.4 is 10.6 Å². The number of rotatable bonds is 9.